The number of hydrogen-bond acceptors (Lipinski definition) is 1. The fraction of sp³-hybridized carbons (Fsp3) is 0.294. The molecule has 1 unspecified atom stereocenters. The molecule has 0 amide bonds. The summed E-state index contributed by atoms with van der Waals surface area (Å²) in [6, 6.07) is 19.2. The molecule has 1 atom stereocenters. The van der Waals surface area contributed by atoms with Crippen LogP contribution in [0.15, 0.2) is 54.6 Å². The van der Waals surface area contributed by atoms with Gasteiger partial charge in [-0.05, 0) is 29.0 Å². The van der Waals surface area contributed by atoms with Gasteiger partial charge in [-0.15, -0.1) is 0 Å². The zero-order chi connectivity index (χ0) is 13.0. The van der Waals surface area contributed by atoms with E-state index in [-0.39, 0.29) is 6.04 Å². The molecule has 2 aromatic rings. The zero-order valence-electron chi connectivity index (χ0n) is 11.1. The number of hydrogen-bond donors (Lipinski definition) is 1. The van der Waals surface area contributed by atoms with Gasteiger partial charge in [0.2, 0.25) is 0 Å². The van der Waals surface area contributed by atoms with E-state index in [9.17, 15) is 0 Å². The summed E-state index contributed by atoms with van der Waals surface area (Å²) in [6.45, 7) is 4.43. The predicted octanol–water partition coefficient (Wildman–Crippen LogP) is 4.05. The van der Waals surface area contributed by atoms with Crippen molar-refractivity contribution in [3.63, 3.8) is 0 Å². The van der Waals surface area contributed by atoms with E-state index in [1.807, 2.05) is 18.2 Å². The fourth-order valence-corrected chi connectivity index (χ4v) is 2.11. The first kappa shape index (κ1) is 12.8. The Morgan fingerprint density at radius 3 is 2.00 bits per heavy atom. The first-order chi connectivity index (χ1) is 8.66. The Hall–Kier alpha value is -1.60. The van der Waals surface area contributed by atoms with Crippen molar-refractivity contribution < 1.29 is 0 Å². The van der Waals surface area contributed by atoms with Gasteiger partial charge >= 0.3 is 0 Å². The standard InChI is InChI=1S/C17H21N/c1-13(2)15-10-8-14(9-11-15)12-17(18)16-6-4-3-5-7-16/h3-11,13,17H,12,18H2,1-2H3. The normalized spacial score (nSPS) is 12.7. The van der Waals surface area contributed by atoms with Crippen molar-refractivity contribution in [1.29, 1.82) is 0 Å². The molecule has 94 valence electrons. The van der Waals surface area contributed by atoms with Crippen molar-refractivity contribution in [3.8, 4) is 0 Å². The molecule has 18 heavy (non-hydrogen) atoms. The van der Waals surface area contributed by atoms with Crippen molar-refractivity contribution >= 4 is 0 Å². The Bertz CT molecular complexity index is 471. The van der Waals surface area contributed by atoms with Gasteiger partial charge in [0.25, 0.3) is 0 Å². The van der Waals surface area contributed by atoms with Crippen molar-refractivity contribution in [3.05, 3.63) is 71.3 Å². The molecule has 0 saturated carbocycles. The number of rotatable bonds is 4. The molecule has 2 aromatic carbocycles. The fourth-order valence-electron chi connectivity index (χ4n) is 2.11. The topological polar surface area (TPSA) is 26.0 Å². The molecule has 0 saturated heterocycles. The van der Waals surface area contributed by atoms with E-state index in [0.29, 0.717) is 5.92 Å². The van der Waals surface area contributed by atoms with Crippen molar-refractivity contribution in [2.24, 2.45) is 5.73 Å². The Morgan fingerprint density at radius 1 is 0.833 bits per heavy atom. The SMILES string of the molecule is CC(C)c1ccc(CC(N)c2ccccc2)cc1. The lowest BCUT2D eigenvalue weighted by Crippen LogP contribution is -2.13. The van der Waals surface area contributed by atoms with E-state index in [4.69, 9.17) is 5.73 Å². The first-order valence-corrected chi connectivity index (χ1v) is 6.56. The molecule has 2 rings (SSSR count). The van der Waals surface area contributed by atoms with Gasteiger partial charge in [0, 0.05) is 6.04 Å². The maximum absolute atomic E-state index is 6.22. The summed E-state index contributed by atoms with van der Waals surface area (Å²) in [4.78, 5) is 0. The summed E-state index contributed by atoms with van der Waals surface area (Å²) in [5.41, 5.74) is 10.1. The molecule has 2 N–H and O–H groups in total. The van der Waals surface area contributed by atoms with E-state index in [0.717, 1.165) is 6.42 Å². The van der Waals surface area contributed by atoms with Crippen LogP contribution in [0.25, 0.3) is 0 Å². The smallest absolute Gasteiger partial charge is 0.0335 e. The molecular formula is C17H21N. The summed E-state index contributed by atoms with van der Waals surface area (Å²) >= 11 is 0. The molecule has 0 aliphatic heterocycles. The Balaban J connectivity index is 2.05. The lowest BCUT2D eigenvalue weighted by molar-refractivity contribution is 0.721. The highest BCUT2D eigenvalue weighted by atomic mass is 14.6. The molecule has 0 fully saturated rings. The highest BCUT2D eigenvalue weighted by molar-refractivity contribution is 5.27. The number of nitrogens with two attached hydrogens (primary N) is 1. The van der Waals surface area contributed by atoms with Gasteiger partial charge in [-0.2, -0.15) is 0 Å². The third-order valence-electron chi connectivity index (χ3n) is 3.33. The average Bonchev–Trinajstić information content (AvgIpc) is 2.40. The molecule has 0 radical (unpaired) electrons. The summed E-state index contributed by atoms with van der Waals surface area (Å²) in [7, 11) is 0. The van der Waals surface area contributed by atoms with Crippen LogP contribution >= 0.6 is 0 Å². The van der Waals surface area contributed by atoms with Gasteiger partial charge < -0.3 is 5.73 Å². The van der Waals surface area contributed by atoms with E-state index < -0.39 is 0 Å². The van der Waals surface area contributed by atoms with Crippen molar-refractivity contribution in [2.75, 3.05) is 0 Å². The van der Waals surface area contributed by atoms with Crippen LogP contribution in [0.3, 0.4) is 0 Å². The lowest BCUT2D eigenvalue weighted by atomic mass is 9.97. The molecule has 1 heteroatoms. The van der Waals surface area contributed by atoms with Crippen molar-refractivity contribution in [2.45, 2.75) is 32.2 Å². The van der Waals surface area contributed by atoms with Crippen molar-refractivity contribution in [1.82, 2.24) is 0 Å². The number of benzene rings is 2. The Morgan fingerprint density at radius 2 is 1.44 bits per heavy atom. The first-order valence-electron chi connectivity index (χ1n) is 6.56. The van der Waals surface area contributed by atoms with Crippen LogP contribution in [0.4, 0.5) is 0 Å². The molecule has 0 spiro atoms. The second-order valence-electron chi connectivity index (χ2n) is 5.12. The van der Waals surface area contributed by atoms with Gasteiger partial charge in [-0.25, -0.2) is 0 Å². The lowest BCUT2D eigenvalue weighted by Gasteiger charge is -2.13. The second-order valence-corrected chi connectivity index (χ2v) is 5.12. The minimum absolute atomic E-state index is 0.0797. The maximum Gasteiger partial charge on any atom is 0.0335 e. The minimum Gasteiger partial charge on any atom is -0.324 e. The van der Waals surface area contributed by atoms with Crippen LogP contribution in [-0.2, 0) is 6.42 Å². The van der Waals surface area contributed by atoms with Crippen LogP contribution in [-0.4, -0.2) is 0 Å². The summed E-state index contributed by atoms with van der Waals surface area (Å²) < 4.78 is 0. The molecule has 0 bridgehead atoms. The van der Waals surface area contributed by atoms with Gasteiger partial charge in [0.15, 0.2) is 0 Å². The molecule has 0 heterocycles. The molecule has 1 nitrogen and oxygen atoms in total. The summed E-state index contributed by atoms with van der Waals surface area (Å²) in [6.07, 6.45) is 0.891. The second kappa shape index (κ2) is 5.83. The average molecular weight is 239 g/mol. The predicted molar refractivity (Wildman–Crippen MR) is 77.6 cm³/mol. The van der Waals surface area contributed by atoms with Gasteiger partial charge in [0.1, 0.15) is 0 Å². The van der Waals surface area contributed by atoms with Gasteiger partial charge in [-0.3, -0.25) is 0 Å². The van der Waals surface area contributed by atoms with E-state index in [1.54, 1.807) is 0 Å². The van der Waals surface area contributed by atoms with Crippen LogP contribution < -0.4 is 5.73 Å². The largest absolute Gasteiger partial charge is 0.324 e. The van der Waals surface area contributed by atoms with E-state index in [1.165, 1.54) is 16.7 Å². The van der Waals surface area contributed by atoms with Gasteiger partial charge in [0.05, 0.1) is 0 Å². The molecule has 0 aromatic heterocycles. The monoisotopic (exact) mass is 239 g/mol. The third kappa shape index (κ3) is 3.21. The molecule has 0 aliphatic carbocycles. The summed E-state index contributed by atoms with van der Waals surface area (Å²) in [5.74, 6) is 0.585. The van der Waals surface area contributed by atoms with E-state index >= 15 is 0 Å². The minimum atomic E-state index is 0.0797. The Labute approximate surface area is 110 Å². The molecule has 0 aliphatic rings. The molecular weight excluding hydrogens is 218 g/mol. The Kier molecular flexibility index (Phi) is 4.16. The third-order valence-corrected chi connectivity index (χ3v) is 3.33. The highest BCUT2D eigenvalue weighted by Gasteiger charge is 2.06. The van der Waals surface area contributed by atoms with E-state index in [2.05, 4.69) is 50.2 Å². The van der Waals surface area contributed by atoms with Crippen LogP contribution in [0.1, 0.15) is 42.5 Å². The summed E-state index contributed by atoms with van der Waals surface area (Å²) in [5, 5.41) is 0. The highest BCUT2D eigenvalue weighted by Crippen LogP contribution is 2.19. The van der Waals surface area contributed by atoms with Crippen LogP contribution in [0, 0.1) is 0 Å². The van der Waals surface area contributed by atoms with Gasteiger partial charge in [-0.1, -0.05) is 68.4 Å². The van der Waals surface area contributed by atoms with Crippen LogP contribution in [0.5, 0.6) is 0 Å². The maximum atomic E-state index is 6.22. The van der Waals surface area contributed by atoms with Crippen LogP contribution in [0.2, 0.25) is 0 Å². The quantitative estimate of drug-likeness (QED) is 0.855. The zero-order valence-corrected chi connectivity index (χ0v) is 11.1.